The summed E-state index contributed by atoms with van der Waals surface area (Å²) in [5.74, 6) is 0. The van der Waals surface area contributed by atoms with Crippen molar-refractivity contribution < 1.29 is 0 Å². The molecular formula is C10H15NS. The zero-order chi connectivity index (χ0) is 8.97. The number of benzene rings is 1. The smallest absolute Gasteiger partial charge is 0.0452 e. The molecule has 0 fully saturated rings. The van der Waals surface area contributed by atoms with Crippen LogP contribution in [-0.2, 0) is 0 Å². The molecule has 66 valence electrons. The van der Waals surface area contributed by atoms with E-state index in [-0.39, 0.29) is 0 Å². The molecule has 0 aliphatic rings. The molecule has 1 aromatic carbocycles. The largest absolute Gasteiger partial charge is 0.398 e. The Morgan fingerprint density at radius 1 is 1.42 bits per heavy atom. The molecule has 0 aliphatic heterocycles. The topological polar surface area (TPSA) is 26.0 Å². The normalized spacial score (nSPS) is 12.8. The van der Waals surface area contributed by atoms with Crippen LogP contribution in [0.2, 0.25) is 0 Å². The SMILES string of the molecule is CCC(C)Sc1ccccc1N. The van der Waals surface area contributed by atoms with Crippen molar-refractivity contribution >= 4 is 17.4 Å². The van der Waals surface area contributed by atoms with Gasteiger partial charge in [0.15, 0.2) is 0 Å². The summed E-state index contributed by atoms with van der Waals surface area (Å²) in [5.41, 5.74) is 6.69. The first kappa shape index (κ1) is 9.46. The van der Waals surface area contributed by atoms with Crippen LogP contribution in [0.4, 0.5) is 5.69 Å². The third-order valence-corrected chi connectivity index (χ3v) is 3.18. The van der Waals surface area contributed by atoms with Crippen molar-refractivity contribution in [3.63, 3.8) is 0 Å². The lowest BCUT2D eigenvalue weighted by molar-refractivity contribution is 0.906. The lowest BCUT2D eigenvalue weighted by Crippen LogP contribution is -1.94. The van der Waals surface area contributed by atoms with Gasteiger partial charge in [0.1, 0.15) is 0 Å². The average Bonchev–Trinajstić information content (AvgIpc) is 2.09. The van der Waals surface area contributed by atoms with Crippen LogP contribution in [0.15, 0.2) is 29.2 Å². The second-order valence-electron chi connectivity index (χ2n) is 2.87. The maximum absolute atomic E-state index is 5.80. The van der Waals surface area contributed by atoms with E-state index >= 15 is 0 Å². The zero-order valence-corrected chi connectivity index (χ0v) is 8.40. The predicted octanol–water partition coefficient (Wildman–Crippen LogP) is 3.16. The van der Waals surface area contributed by atoms with Crippen LogP contribution in [0.1, 0.15) is 20.3 Å². The van der Waals surface area contributed by atoms with Gasteiger partial charge in [0.05, 0.1) is 0 Å². The number of nitrogen functional groups attached to an aromatic ring is 1. The fraction of sp³-hybridized carbons (Fsp3) is 0.400. The molecule has 1 atom stereocenters. The minimum absolute atomic E-state index is 0.648. The molecule has 1 unspecified atom stereocenters. The molecule has 0 aliphatic carbocycles. The Bertz CT molecular complexity index is 247. The van der Waals surface area contributed by atoms with Gasteiger partial charge >= 0.3 is 0 Å². The van der Waals surface area contributed by atoms with Crippen LogP contribution < -0.4 is 5.73 Å². The second kappa shape index (κ2) is 4.41. The third kappa shape index (κ3) is 2.45. The molecular weight excluding hydrogens is 166 g/mol. The maximum atomic E-state index is 5.80. The number of hydrogen-bond acceptors (Lipinski definition) is 2. The van der Waals surface area contributed by atoms with E-state index in [1.54, 1.807) is 0 Å². The molecule has 0 radical (unpaired) electrons. The molecule has 0 amide bonds. The van der Waals surface area contributed by atoms with Gasteiger partial charge in [-0.05, 0) is 18.6 Å². The Labute approximate surface area is 78.4 Å². The minimum atomic E-state index is 0.648. The summed E-state index contributed by atoms with van der Waals surface area (Å²) in [5, 5.41) is 0.648. The number of thioether (sulfide) groups is 1. The van der Waals surface area contributed by atoms with Gasteiger partial charge in [0.25, 0.3) is 0 Å². The van der Waals surface area contributed by atoms with E-state index < -0.39 is 0 Å². The van der Waals surface area contributed by atoms with Gasteiger partial charge in [-0.2, -0.15) is 0 Å². The maximum Gasteiger partial charge on any atom is 0.0452 e. The van der Waals surface area contributed by atoms with Crippen molar-refractivity contribution in [3.8, 4) is 0 Å². The van der Waals surface area contributed by atoms with Gasteiger partial charge in [0.2, 0.25) is 0 Å². The number of para-hydroxylation sites is 1. The van der Waals surface area contributed by atoms with E-state index in [2.05, 4.69) is 19.9 Å². The van der Waals surface area contributed by atoms with Crippen LogP contribution in [0, 0.1) is 0 Å². The highest BCUT2D eigenvalue weighted by atomic mass is 32.2. The summed E-state index contributed by atoms with van der Waals surface area (Å²) in [6, 6.07) is 8.02. The number of hydrogen-bond donors (Lipinski definition) is 1. The minimum Gasteiger partial charge on any atom is -0.398 e. The average molecular weight is 181 g/mol. The van der Waals surface area contributed by atoms with Crippen molar-refractivity contribution in [3.05, 3.63) is 24.3 Å². The summed E-state index contributed by atoms with van der Waals surface area (Å²) in [6.45, 7) is 4.41. The Kier molecular flexibility index (Phi) is 3.48. The van der Waals surface area contributed by atoms with E-state index in [0.717, 1.165) is 5.69 Å². The summed E-state index contributed by atoms with van der Waals surface area (Å²) < 4.78 is 0. The van der Waals surface area contributed by atoms with Gasteiger partial charge in [-0.3, -0.25) is 0 Å². The quantitative estimate of drug-likeness (QED) is 0.572. The molecule has 0 saturated carbocycles. The van der Waals surface area contributed by atoms with Gasteiger partial charge in [-0.25, -0.2) is 0 Å². The van der Waals surface area contributed by atoms with E-state index in [0.29, 0.717) is 5.25 Å². The van der Waals surface area contributed by atoms with Crippen LogP contribution in [0.5, 0.6) is 0 Å². The standard InChI is InChI=1S/C10H15NS/c1-3-8(2)12-10-7-5-4-6-9(10)11/h4-8H,3,11H2,1-2H3. The summed E-state index contributed by atoms with van der Waals surface area (Å²) in [4.78, 5) is 1.20. The number of anilines is 1. The van der Waals surface area contributed by atoms with Gasteiger partial charge in [0, 0.05) is 15.8 Å². The van der Waals surface area contributed by atoms with Crippen LogP contribution in [-0.4, -0.2) is 5.25 Å². The molecule has 0 aromatic heterocycles. The summed E-state index contributed by atoms with van der Waals surface area (Å²) >= 11 is 1.85. The highest BCUT2D eigenvalue weighted by Crippen LogP contribution is 2.29. The van der Waals surface area contributed by atoms with E-state index in [4.69, 9.17) is 5.73 Å². The van der Waals surface area contributed by atoms with E-state index in [9.17, 15) is 0 Å². The van der Waals surface area contributed by atoms with Crippen LogP contribution >= 0.6 is 11.8 Å². The van der Waals surface area contributed by atoms with E-state index in [1.165, 1.54) is 11.3 Å². The Hall–Kier alpha value is -0.630. The van der Waals surface area contributed by atoms with Gasteiger partial charge in [-0.15, -0.1) is 11.8 Å². The zero-order valence-electron chi connectivity index (χ0n) is 7.58. The molecule has 1 rings (SSSR count). The Morgan fingerprint density at radius 3 is 2.67 bits per heavy atom. The Morgan fingerprint density at radius 2 is 2.08 bits per heavy atom. The molecule has 1 nitrogen and oxygen atoms in total. The van der Waals surface area contributed by atoms with Crippen molar-refractivity contribution in [2.75, 3.05) is 5.73 Å². The van der Waals surface area contributed by atoms with Gasteiger partial charge < -0.3 is 5.73 Å². The molecule has 0 spiro atoms. The highest BCUT2D eigenvalue weighted by molar-refractivity contribution is 8.00. The van der Waals surface area contributed by atoms with Crippen molar-refractivity contribution in [2.45, 2.75) is 30.4 Å². The molecule has 2 N–H and O–H groups in total. The monoisotopic (exact) mass is 181 g/mol. The number of rotatable bonds is 3. The molecule has 0 saturated heterocycles. The lowest BCUT2D eigenvalue weighted by Gasteiger charge is -2.09. The predicted molar refractivity (Wildman–Crippen MR) is 56.5 cm³/mol. The fourth-order valence-electron chi connectivity index (χ4n) is 0.888. The van der Waals surface area contributed by atoms with Crippen molar-refractivity contribution in [1.29, 1.82) is 0 Å². The van der Waals surface area contributed by atoms with E-state index in [1.807, 2.05) is 30.0 Å². The molecule has 0 bridgehead atoms. The first-order valence-electron chi connectivity index (χ1n) is 4.25. The third-order valence-electron chi connectivity index (χ3n) is 1.82. The molecule has 0 heterocycles. The molecule has 12 heavy (non-hydrogen) atoms. The van der Waals surface area contributed by atoms with Gasteiger partial charge in [-0.1, -0.05) is 26.0 Å². The van der Waals surface area contributed by atoms with Crippen LogP contribution in [0.3, 0.4) is 0 Å². The van der Waals surface area contributed by atoms with Crippen molar-refractivity contribution in [2.24, 2.45) is 0 Å². The second-order valence-corrected chi connectivity index (χ2v) is 4.35. The Balaban J connectivity index is 2.69. The van der Waals surface area contributed by atoms with Crippen molar-refractivity contribution in [1.82, 2.24) is 0 Å². The fourth-order valence-corrected chi connectivity index (χ4v) is 1.85. The number of nitrogens with two attached hydrogens (primary N) is 1. The first-order chi connectivity index (χ1) is 5.74. The molecule has 1 aromatic rings. The molecule has 2 heteroatoms. The van der Waals surface area contributed by atoms with Crippen LogP contribution in [0.25, 0.3) is 0 Å². The lowest BCUT2D eigenvalue weighted by atomic mass is 10.3. The first-order valence-corrected chi connectivity index (χ1v) is 5.13. The summed E-state index contributed by atoms with van der Waals surface area (Å²) in [6.07, 6.45) is 1.18. The summed E-state index contributed by atoms with van der Waals surface area (Å²) in [7, 11) is 0. The highest BCUT2D eigenvalue weighted by Gasteiger charge is 2.03.